The number of imidazole rings is 1. The zero-order chi connectivity index (χ0) is 17.3. The van der Waals surface area contributed by atoms with Gasteiger partial charge in [0.15, 0.2) is 0 Å². The van der Waals surface area contributed by atoms with Crippen LogP contribution in [0.25, 0.3) is 11.0 Å². The molecule has 1 fully saturated rings. The second-order valence-electron chi connectivity index (χ2n) is 7.10. The molecule has 1 aromatic heterocycles. The summed E-state index contributed by atoms with van der Waals surface area (Å²) in [5, 5.41) is 3.02. The van der Waals surface area contributed by atoms with Crippen molar-refractivity contribution in [2.75, 3.05) is 33.7 Å². The van der Waals surface area contributed by atoms with Gasteiger partial charge in [0.05, 0.1) is 17.6 Å². The number of hydrogen-bond donors (Lipinski definition) is 1. The Kier molecular flexibility index (Phi) is 4.76. The summed E-state index contributed by atoms with van der Waals surface area (Å²) in [5.41, 5.74) is 3.27. The molecule has 130 valence electrons. The highest BCUT2D eigenvalue weighted by atomic mass is 16.2. The van der Waals surface area contributed by atoms with Crippen molar-refractivity contribution in [1.82, 2.24) is 24.7 Å². The van der Waals surface area contributed by atoms with Gasteiger partial charge in [-0.1, -0.05) is 6.07 Å². The van der Waals surface area contributed by atoms with Gasteiger partial charge in [-0.15, -0.1) is 0 Å². The van der Waals surface area contributed by atoms with Crippen LogP contribution in [0.5, 0.6) is 0 Å². The molecule has 2 heterocycles. The van der Waals surface area contributed by atoms with Crippen molar-refractivity contribution in [1.29, 1.82) is 0 Å². The number of nitrogens with one attached hydrogen (secondary N) is 1. The lowest BCUT2D eigenvalue weighted by molar-refractivity contribution is 0.204. The molecule has 6 nitrogen and oxygen atoms in total. The van der Waals surface area contributed by atoms with Gasteiger partial charge < -0.3 is 19.7 Å². The summed E-state index contributed by atoms with van der Waals surface area (Å²) >= 11 is 0. The molecule has 3 rings (SSSR count). The maximum absolute atomic E-state index is 12.4. The van der Waals surface area contributed by atoms with Crippen LogP contribution in [-0.2, 0) is 13.6 Å². The normalized spacial score (nSPS) is 17.9. The Morgan fingerprint density at radius 1 is 1.42 bits per heavy atom. The molecule has 0 aliphatic carbocycles. The van der Waals surface area contributed by atoms with E-state index in [9.17, 15) is 4.79 Å². The number of amides is 2. The summed E-state index contributed by atoms with van der Waals surface area (Å²) in [6.45, 7) is 5.23. The van der Waals surface area contributed by atoms with E-state index in [1.54, 1.807) is 0 Å². The summed E-state index contributed by atoms with van der Waals surface area (Å²) in [5.74, 6) is 1.46. The van der Waals surface area contributed by atoms with Gasteiger partial charge in [0.25, 0.3) is 0 Å². The first kappa shape index (κ1) is 16.8. The molecule has 1 N–H and O–H groups in total. The minimum absolute atomic E-state index is 0.0134. The van der Waals surface area contributed by atoms with Crippen LogP contribution in [0.2, 0.25) is 0 Å². The second-order valence-corrected chi connectivity index (χ2v) is 7.10. The van der Waals surface area contributed by atoms with Gasteiger partial charge in [-0.05, 0) is 51.1 Å². The lowest BCUT2D eigenvalue weighted by Gasteiger charge is -2.19. The topological polar surface area (TPSA) is 53.4 Å². The molecule has 0 spiro atoms. The number of aromatic nitrogens is 2. The van der Waals surface area contributed by atoms with Gasteiger partial charge >= 0.3 is 6.03 Å². The summed E-state index contributed by atoms with van der Waals surface area (Å²) in [4.78, 5) is 21.1. The number of hydrogen-bond acceptors (Lipinski definition) is 3. The highest BCUT2D eigenvalue weighted by Gasteiger charge is 2.26. The van der Waals surface area contributed by atoms with Crippen LogP contribution in [0, 0.1) is 12.8 Å². The number of likely N-dealkylation sites (tertiary alicyclic amines) is 1. The molecule has 6 heteroatoms. The van der Waals surface area contributed by atoms with E-state index in [1.807, 2.05) is 16.5 Å². The van der Waals surface area contributed by atoms with Crippen LogP contribution < -0.4 is 5.32 Å². The Bertz CT molecular complexity index is 736. The number of rotatable bonds is 4. The van der Waals surface area contributed by atoms with Crippen molar-refractivity contribution in [3.05, 3.63) is 29.6 Å². The average Bonchev–Trinajstić information content (AvgIpc) is 3.09. The second kappa shape index (κ2) is 6.81. The van der Waals surface area contributed by atoms with Gasteiger partial charge in [-0.3, -0.25) is 0 Å². The minimum Gasteiger partial charge on any atom is -0.331 e. The third-order valence-corrected chi connectivity index (χ3v) is 4.72. The standard InChI is InChI=1S/C18H27N5O/c1-13-5-6-16-15(9-13)20-17(22(16)4)10-19-18(24)23-8-7-14(12-23)11-21(2)3/h5-6,9,14H,7-8,10-12H2,1-4H3,(H,19,24). The number of benzene rings is 1. The Hall–Kier alpha value is -2.08. The molecule has 1 aromatic carbocycles. The monoisotopic (exact) mass is 329 g/mol. The van der Waals surface area contributed by atoms with E-state index in [0.29, 0.717) is 12.5 Å². The van der Waals surface area contributed by atoms with E-state index in [4.69, 9.17) is 0 Å². The van der Waals surface area contributed by atoms with E-state index in [2.05, 4.69) is 54.4 Å². The van der Waals surface area contributed by atoms with Crippen molar-refractivity contribution in [2.24, 2.45) is 13.0 Å². The third kappa shape index (κ3) is 3.53. The number of aryl methyl sites for hydroxylation is 2. The Morgan fingerprint density at radius 3 is 2.96 bits per heavy atom. The zero-order valence-corrected chi connectivity index (χ0v) is 15.0. The molecule has 1 aliphatic heterocycles. The quantitative estimate of drug-likeness (QED) is 0.933. The van der Waals surface area contributed by atoms with E-state index < -0.39 is 0 Å². The Morgan fingerprint density at radius 2 is 2.21 bits per heavy atom. The van der Waals surface area contributed by atoms with Crippen molar-refractivity contribution in [3.63, 3.8) is 0 Å². The molecule has 0 saturated carbocycles. The number of carbonyl (C=O) groups excluding carboxylic acids is 1. The summed E-state index contributed by atoms with van der Waals surface area (Å²) in [6.07, 6.45) is 1.08. The van der Waals surface area contributed by atoms with E-state index in [-0.39, 0.29) is 6.03 Å². The number of urea groups is 1. The van der Waals surface area contributed by atoms with Gasteiger partial charge in [0.1, 0.15) is 5.82 Å². The van der Waals surface area contributed by atoms with E-state index >= 15 is 0 Å². The van der Waals surface area contributed by atoms with Crippen molar-refractivity contribution in [2.45, 2.75) is 19.9 Å². The molecule has 2 amide bonds. The molecule has 1 saturated heterocycles. The number of fused-ring (bicyclic) bond motifs is 1. The fourth-order valence-electron chi connectivity index (χ4n) is 3.47. The molecular formula is C18H27N5O. The Labute approximate surface area is 143 Å². The van der Waals surface area contributed by atoms with Crippen LogP contribution in [0.4, 0.5) is 4.79 Å². The van der Waals surface area contributed by atoms with Gasteiger partial charge in [-0.2, -0.15) is 0 Å². The lowest BCUT2D eigenvalue weighted by Crippen LogP contribution is -2.39. The summed E-state index contributed by atoms with van der Waals surface area (Å²) < 4.78 is 2.05. The van der Waals surface area contributed by atoms with Crippen LogP contribution >= 0.6 is 0 Å². The van der Waals surface area contributed by atoms with Crippen molar-refractivity contribution < 1.29 is 4.79 Å². The predicted octanol–water partition coefficient (Wildman–Crippen LogP) is 1.97. The van der Waals surface area contributed by atoms with Crippen molar-refractivity contribution in [3.8, 4) is 0 Å². The maximum atomic E-state index is 12.4. The first-order valence-electron chi connectivity index (χ1n) is 8.53. The SMILES string of the molecule is Cc1ccc2c(c1)nc(CNC(=O)N1CCC(CN(C)C)C1)n2C. The van der Waals surface area contributed by atoms with Gasteiger partial charge in [0, 0.05) is 26.7 Å². The van der Waals surface area contributed by atoms with Crippen LogP contribution in [0.15, 0.2) is 18.2 Å². The molecule has 24 heavy (non-hydrogen) atoms. The molecular weight excluding hydrogens is 302 g/mol. The largest absolute Gasteiger partial charge is 0.331 e. The van der Waals surface area contributed by atoms with E-state index in [0.717, 1.165) is 42.9 Å². The minimum atomic E-state index is 0.0134. The Balaban J connectivity index is 1.60. The maximum Gasteiger partial charge on any atom is 0.317 e. The van der Waals surface area contributed by atoms with Crippen LogP contribution in [-0.4, -0.2) is 59.1 Å². The molecule has 0 radical (unpaired) electrons. The zero-order valence-electron chi connectivity index (χ0n) is 15.0. The molecule has 1 unspecified atom stereocenters. The van der Waals surface area contributed by atoms with Gasteiger partial charge in [-0.25, -0.2) is 9.78 Å². The summed E-state index contributed by atoms with van der Waals surface area (Å²) in [7, 11) is 6.15. The summed E-state index contributed by atoms with van der Waals surface area (Å²) in [6, 6.07) is 6.25. The van der Waals surface area contributed by atoms with Gasteiger partial charge in [0.2, 0.25) is 0 Å². The average molecular weight is 329 g/mol. The highest BCUT2D eigenvalue weighted by Crippen LogP contribution is 2.18. The number of nitrogens with zero attached hydrogens (tertiary/aromatic N) is 4. The number of carbonyl (C=O) groups is 1. The fourth-order valence-corrected chi connectivity index (χ4v) is 3.47. The molecule has 1 aliphatic rings. The first-order chi connectivity index (χ1) is 11.4. The van der Waals surface area contributed by atoms with Crippen LogP contribution in [0.3, 0.4) is 0 Å². The molecule has 0 bridgehead atoms. The predicted molar refractivity (Wildman–Crippen MR) is 95.9 cm³/mol. The van der Waals surface area contributed by atoms with Crippen molar-refractivity contribution >= 4 is 17.1 Å². The van der Waals surface area contributed by atoms with Crippen LogP contribution in [0.1, 0.15) is 17.8 Å². The first-order valence-corrected chi connectivity index (χ1v) is 8.53. The smallest absolute Gasteiger partial charge is 0.317 e. The van der Waals surface area contributed by atoms with E-state index in [1.165, 1.54) is 5.56 Å². The molecule has 2 aromatic rings. The third-order valence-electron chi connectivity index (χ3n) is 4.72. The lowest BCUT2D eigenvalue weighted by atomic mass is 10.1. The fraction of sp³-hybridized carbons (Fsp3) is 0.556. The highest BCUT2D eigenvalue weighted by molar-refractivity contribution is 5.77. The molecule has 1 atom stereocenters.